The van der Waals surface area contributed by atoms with Gasteiger partial charge in [0.05, 0.1) is 0 Å². The molecule has 1 unspecified atom stereocenters. The quantitative estimate of drug-likeness (QED) is 0.486. The van der Waals surface area contributed by atoms with Crippen LogP contribution in [0.1, 0.15) is 40.5 Å². The Balaban J connectivity index is 2.70. The number of allylic oxidation sites excluding steroid dienone is 2. The van der Waals surface area contributed by atoms with Gasteiger partial charge in [0.15, 0.2) is 0 Å². The van der Waals surface area contributed by atoms with Gasteiger partial charge in [-0.05, 0) is 31.1 Å². The predicted molar refractivity (Wildman–Crippen MR) is 50.8 cm³/mol. The summed E-state index contributed by atoms with van der Waals surface area (Å²) in [7, 11) is 0. The Hall–Kier alpha value is -0.330. The van der Waals surface area contributed by atoms with E-state index >= 15 is 0 Å². The van der Waals surface area contributed by atoms with Gasteiger partial charge < -0.3 is 0 Å². The molecule has 1 heteroatoms. The van der Waals surface area contributed by atoms with E-state index in [4.69, 9.17) is 0 Å². The summed E-state index contributed by atoms with van der Waals surface area (Å²) >= 11 is 0. The summed E-state index contributed by atoms with van der Waals surface area (Å²) < 4.78 is 13.6. The lowest BCUT2D eigenvalue weighted by Gasteiger charge is -2.35. The number of hydrogen-bond donors (Lipinski definition) is 0. The fraction of sp³-hybridized carbons (Fsp3) is 0.818. The first-order chi connectivity index (χ1) is 5.41. The van der Waals surface area contributed by atoms with Gasteiger partial charge in [-0.25, -0.2) is 4.39 Å². The van der Waals surface area contributed by atoms with E-state index in [1.54, 1.807) is 0 Å². The van der Waals surface area contributed by atoms with Crippen LogP contribution in [0.4, 0.5) is 4.39 Å². The molecular formula is C11H19F. The van der Waals surface area contributed by atoms with Crippen LogP contribution in [0.5, 0.6) is 0 Å². The lowest BCUT2D eigenvalue weighted by molar-refractivity contribution is 0.109. The second-order valence-electron chi connectivity index (χ2n) is 4.98. The van der Waals surface area contributed by atoms with Crippen LogP contribution in [0, 0.1) is 11.3 Å². The Morgan fingerprint density at radius 1 is 1.42 bits per heavy atom. The standard InChI is InChI=1S/C11H19F/c1-8-5-6-9(10(12)7-8)11(2,3)4/h5,9-10H,6-7H2,1-4H3/t9?,10-/m1/s1. The molecule has 0 nitrogen and oxygen atoms in total. The lowest BCUT2D eigenvalue weighted by Crippen LogP contribution is -2.31. The number of hydrogen-bond acceptors (Lipinski definition) is 0. The molecule has 0 radical (unpaired) electrons. The molecule has 0 spiro atoms. The third-order valence-electron chi connectivity index (χ3n) is 2.79. The topological polar surface area (TPSA) is 0 Å². The molecular weight excluding hydrogens is 151 g/mol. The van der Waals surface area contributed by atoms with Crippen molar-refractivity contribution in [1.82, 2.24) is 0 Å². The molecule has 0 bridgehead atoms. The summed E-state index contributed by atoms with van der Waals surface area (Å²) in [5.41, 5.74) is 1.32. The van der Waals surface area contributed by atoms with Gasteiger partial charge in [0.1, 0.15) is 6.17 Å². The fourth-order valence-corrected chi connectivity index (χ4v) is 1.91. The molecule has 1 aliphatic carbocycles. The van der Waals surface area contributed by atoms with Crippen LogP contribution in [0.3, 0.4) is 0 Å². The van der Waals surface area contributed by atoms with Crippen molar-refractivity contribution < 1.29 is 4.39 Å². The van der Waals surface area contributed by atoms with Crippen molar-refractivity contribution in [3.63, 3.8) is 0 Å². The predicted octanol–water partition coefficient (Wildman–Crippen LogP) is 3.73. The van der Waals surface area contributed by atoms with Crippen molar-refractivity contribution in [1.29, 1.82) is 0 Å². The molecule has 1 rings (SSSR count). The van der Waals surface area contributed by atoms with Crippen molar-refractivity contribution in [2.24, 2.45) is 11.3 Å². The highest BCUT2D eigenvalue weighted by Gasteiger charge is 2.33. The Morgan fingerprint density at radius 3 is 2.42 bits per heavy atom. The van der Waals surface area contributed by atoms with E-state index in [9.17, 15) is 4.39 Å². The average molecular weight is 170 g/mol. The van der Waals surface area contributed by atoms with E-state index in [0.29, 0.717) is 6.42 Å². The molecule has 0 aliphatic heterocycles. The van der Waals surface area contributed by atoms with Crippen LogP contribution in [0.15, 0.2) is 11.6 Å². The van der Waals surface area contributed by atoms with Crippen molar-refractivity contribution in [3.05, 3.63) is 11.6 Å². The van der Waals surface area contributed by atoms with Gasteiger partial charge in [-0.3, -0.25) is 0 Å². The number of halogens is 1. The molecule has 0 fully saturated rings. The molecule has 70 valence electrons. The van der Waals surface area contributed by atoms with Gasteiger partial charge in [-0.15, -0.1) is 0 Å². The fourth-order valence-electron chi connectivity index (χ4n) is 1.91. The monoisotopic (exact) mass is 170 g/mol. The highest BCUT2D eigenvalue weighted by Crippen LogP contribution is 2.38. The summed E-state index contributed by atoms with van der Waals surface area (Å²) in [6.45, 7) is 8.39. The minimum absolute atomic E-state index is 0.108. The zero-order valence-electron chi connectivity index (χ0n) is 8.52. The molecule has 0 amide bonds. The van der Waals surface area contributed by atoms with E-state index in [2.05, 4.69) is 26.8 Å². The van der Waals surface area contributed by atoms with Gasteiger partial charge in [-0.1, -0.05) is 32.4 Å². The maximum absolute atomic E-state index is 13.6. The first-order valence-electron chi connectivity index (χ1n) is 4.71. The van der Waals surface area contributed by atoms with Gasteiger partial charge >= 0.3 is 0 Å². The Labute approximate surface area is 74.9 Å². The minimum Gasteiger partial charge on any atom is -0.247 e. The van der Waals surface area contributed by atoms with Gasteiger partial charge in [0.2, 0.25) is 0 Å². The van der Waals surface area contributed by atoms with Crippen LogP contribution >= 0.6 is 0 Å². The molecule has 0 saturated carbocycles. The van der Waals surface area contributed by atoms with Crippen molar-refractivity contribution >= 4 is 0 Å². The summed E-state index contributed by atoms with van der Waals surface area (Å²) in [5.74, 6) is 0.209. The van der Waals surface area contributed by atoms with E-state index < -0.39 is 6.17 Å². The lowest BCUT2D eigenvalue weighted by atomic mass is 9.72. The minimum atomic E-state index is -0.630. The van der Waals surface area contributed by atoms with Crippen LogP contribution in [-0.4, -0.2) is 6.17 Å². The zero-order valence-corrected chi connectivity index (χ0v) is 8.52. The summed E-state index contributed by atoms with van der Waals surface area (Å²) in [6, 6.07) is 0. The van der Waals surface area contributed by atoms with E-state index in [-0.39, 0.29) is 11.3 Å². The van der Waals surface area contributed by atoms with E-state index in [0.717, 1.165) is 6.42 Å². The Bertz CT molecular complexity index is 186. The molecule has 0 N–H and O–H groups in total. The van der Waals surface area contributed by atoms with Crippen molar-refractivity contribution in [2.75, 3.05) is 0 Å². The third kappa shape index (κ3) is 2.09. The first kappa shape index (κ1) is 9.76. The molecule has 1 aliphatic rings. The second-order valence-corrected chi connectivity index (χ2v) is 4.98. The van der Waals surface area contributed by atoms with Crippen LogP contribution in [0.2, 0.25) is 0 Å². The normalized spacial score (nSPS) is 31.6. The van der Waals surface area contributed by atoms with Gasteiger partial charge in [0.25, 0.3) is 0 Å². The maximum atomic E-state index is 13.6. The average Bonchev–Trinajstić information content (AvgIpc) is 1.83. The summed E-state index contributed by atoms with van der Waals surface area (Å²) in [4.78, 5) is 0. The van der Waals surface area contributed by atoms with Crippen molar-refractivity contribution in [3.8, 4) is 0 Å². The van der Waals surface area contributed by atoms with Crippen LogP contribution in [0.25, 0.3) is 0 Å². The van der Waals surface area contributed by atoms with Gasteiger partial charge in [0, 0.05) is 0 Å². The summed E-state index contributed by atoms with van der Waals surface area (Å²) in [6.07, 6.45) is 3.11. The van der Waals surface area contributed by atoms with E-state index in [1.807, 2.05) is 6.92 Å². The first-order valence-corrected chi connectivity index (χ1v) is 4.71. The molecule has 0 aromatic rings. The highest BCUT2D eigenvalue weighted by molar-refractivity contribution is 5.07. The van der Waals surface area contributed by atoms with E-state index in [1.165, 1.54) is 5.57 Å². The molecule has 0 saturated heterocycles. The van der Waals surface area contributed by atoms with Crippen LogP contribution in [-0.2, 0) is 0 Å². The van der Waals surface area contributed by atoms with Gasteiger partial charge in [-0.2, -0.15) is 0 Å². The zero-order chi connectivity index (χ0) is 9.35. The van der Waals surface area contributed by atoms with Crippen molar-refractivity contribution in [2.45, 2.75) is 46.7 Å². The molecule has 0 heterocycles. The second kappa shape index (κ2) is 3.20. The SMILES string of the molecule is CC1=CCC(C(C)(C)C)[C@H](F)C1. The third-order valence-corrected chi connectivity index (χ3v) is 2.79. The van der Waals surface area contributed by atoms with Crippen LogP contribution < -0.4 is 0 Å². The highest BCUT2D eigenvalue weighted by atomic mass is 19.1. The Kier molecular flexibility index (Phi) is 2.60. The smallest absolute Gasteiger partial charge is 0.107 e. The molecule has 12 heavy (non-hydrogen) atoms. The molecule has 2 atom stereocenters. The number of alkyl halides is 1. The largest absolute Gasteiger partial charge is 0.247 e. The number of rotatable bonds is 0. The maximum Gasteiger partial charge on any atom is 0.107 e. The summed E-state index contributed by atoms with van der Waals surface area (Å²) in [5, 5.41) is 0. The molecule has 0 aromatic heterocycles. The molecule has 0 aromatic carbocycles. The Morgan fingerprint density at radius 2 is 2.00 bits per heavy atom.